The lowest BCUT2D eigenvalue weighted by Gasteiger charge is -2.14. The van der Waals surface area contributed by atoms with Gasteiger partial charge in [0, 0.05) is 11.8 Å². The van der Waals surface area contributed by atoms with Crippen molar-refractivity contribution in [3.63, 3.8) is 0 Å². The Kier molecular flexibility index (Phi) is 4.39. The zero-order valence-corrected chi connectivity index (χ0v) is 13.7. The molecule has 0 N–H and O–H groups in total. The molecule has 1 aromatic heterocycles. The molecular formula is C19H16ClFN2. The van der Waals surface area contributed by atoms with E-state index in [9.17, 15) is 4.39 Å². The molecule has 0 spiro atoms. The highest BCUT2D eigenvalue weighted by Gasteiger charge is 2.15. The van der Waals surface area contributed by atoms with E-state index in [2.05, 4.69) is 29.0 Å². The van der Waals surface area contributed by atoms with Crippen LogP contribution in [0.15, 0.2) is 54.8 Å². The van der Waals surface area contributed by atoms with Gasteiger partial charge >= 0.3 is 0 Å². The van der Waals surface area contributed by atoms with Gasteiger partial charge in [0.1, 0.15) is 5.82 Å². The summed E-state index contributed by atoms with van der Waals surface area (Å²) < 4.78 is 13.6. The van der Waals surface area contributed by atoms with Crippen LogP contribution in [0.4, 0.5) is 4.39 Å². The maximum atomic E-state index is 13.6. The number of benzene rings is 1. The lowest BCUT2D eigenvalue weighted by Crippen LogP contribution is -1.97. The van der Waals surface area contributed by atoms with Gasteiger partial charge in [-0.15, -0.1) is 0 Å². The minimum atomic E-state index is -0.204. The number of allylic oxidation sites excluding steroid dienone is 6. The van der Waals surface area contributed by atoms with Gasteiger partial charge in [-0.25, -0.2) is 14.4 Å². The van der Waals surface area contributed by atoms with Crippen LogP contribution in [-0.2, 0) is 0 Å². The summed E-state index contributed by atoms with van der Waals surface area (Å²) in [6.07, 6.45) is 9.91. The summed E-state index contributed by atoms with van der Waals surface area (Å²) in [5.41, 5.74) is 4.28. The average molecular weight is 327 g/mol. The molecule has 0 aliphatic heterocycles. The van der Waals surface area contributed by atoms with Gasteiger partial charge in [-0.1, -0.05) is 37.3 Å². The lowest BCUT2D eigenvalue weighted by molar-refractivity contribution is 0.618. The minimum Gasteiger partial charge on any atom is -0.226 e. The summed E-state index contributed by atoms with van der Waals surface area (Å²) in [4.78, 5) is 8.25. The first-order valence-electron chi connectivity index (χ1n) is 7.41. The second kappa shape index (κ2) is 6.47. The molecule has 2 aromatic rings. The molecule has 3 rings (SSSR count). The Hall–Kier alpha value is -2.26. The maximum Gasteiger partial charge on any atom is 0.222 e. The third kappa shape index (κ3) is 3.40. The second-order valence-electron chi connectivity index (χ2n) is 5.58. The molecule has 1 heterocycles. The molecule has 0 amide bonds. The van der Waals surface area contributed by atoms with E-state index < -0.39 is 0 Å². The molecule has 0 saturated heterocycles. The molecule has 0 saturated carbocycles. The molecule has 1 atom stereocenters. The molecule has 0 fully saturated rings. The summed E-state index contributed by atoms with van der Waals surface area (Å²) in [5.74, 6) is 0.0613. The van der Waals surface area contributed by atoms with E-state index in [0.29, 0.717) is 5.56 Å². The van der Waals surface area contributed by atoms with Crippen molar-refractivity contribution in [2.45, 2.75) is 13.8 Å². The highest BCUT2D eigenvalue weighted by atomic mass is 35.5. The van der Waals surface area contributed by atoms with Gasteiger partial charge < -0.3 is 0 Å². The van der Waals surface area contributed by atoms with Gasteiger partial charge in [0.15, 0.2) is 0 Å². The normalized spacial score (nSPS) is 17.5. The molecular weight excluding hydrogens is 311 g/mol. The van der Waals surface area contributed by atoms with Crippen LogP contribution in [0.2, 0.25) is 5.28 Å². The van der Waals surface area contributed by atoms with Crippen LogP contribution >= 0.6 is 11.6 Å². The molecule has 1 aliphatic rings. The Labute approximate surface area is 140 Å². The van der Waals surface area contributed by atoms with Gasteiger partial charge in [-0.3, -0.25) is 0 Å². The first kappa shape index (κ1) is 15.6. The minimum absolute atomic E-state index is 0.204. The van der Waals surface area contributed by atoms with Crippen LogP contribution in [0.3, 0.4) is 0 Å². The maximum absolute atomic E-state index is 13.6. The molecule has 0 radical (unpaired) electrons. The topological polar surface area (TPSA) is 25.8 Å². The predicted molar refractivity (Wildman–Crippen MR) is 92.4 cm³/mol. The molecule has 1 aliphatic carbocycles. The quantitative estimate of drug-likeness (QED) is 0.704. The summed E-state index contributed by atoms with van der Waals surface area (Å²) in [7, 11) is 0. The standard InChI is InChI=1S/C19H16ClFN2/c1-12-4-3-5-15(18-8-9-22-19(20)23-18)16(10-12)14-6-7-17(21)13(2)11-14/h3-12H,1-2H3. The van der Waals surface area contributed by atoms with E-state index in [-0.39, 0.29) is 17.0 Å². The van der Waals surface area contributed by atoms with E-state index in [0.717, 1.165) is 22.4 Å². The Morgan fingerprint density at radius 3 is 2.74 bits per heavy atom. The molecule has 4 heteroatoms. The highest BCUT2D eigenvalue weighted by Crippen LogP contribution is 2.34. The fourth-order valence-electron chi connectivity index (χ4n) is 2.60. The molecule has 1 aromatic carbocycles. The number of hydrogen-bond donors (Lipinski definition) is 0. The SMILES string of the molecule is Cc1cc(C2=CC(C)C=CC=C2c2ccnc(Cl)n2)ccc1F. The Morgan fingerprint density at radius 1 is 1.17 bits per heavy atom. The van der Waals surface area contributed by atoms with E-state index >= 15 is 0 Å². The van der Waals surface area contributed by atoms with Gasteiger partial charge in [-0.2, -0.15) is 0 Å². The molecule has 23 heavy (non-hydrogen) atoms. The van der Waals surface area contributed by atoms with Crippen molar-refractivity contribution in [3.8, 4) is 0 Å². The van der Waals surface area contributed by atoms with E-state index in [4.69, 9.17) is 11.6 Å². The van der Waals surface area contributed by atoms with Crippen molar-refractivity contribution in [1.29, 1.82) is 0 Å². The second-order valence-corrected chi connectivity index (χ2v) is 5.92. The zero-order chi connectivity index (χ0) is 16.4. The fraction of sp³-hybridized carbons (Fsp3) is 0.158. The lowest BCUT2D eigenvalue weighted by atomic mass is 9.92. The first-order chi connectivity index (χ1) is 11.0. The van der Waals surface area contributed by atoms with Crippen molar-refractivity contribution >= 4 is 22.7 Å². The van der Waals surface area contributed by atoms with Crippen molar-refractivity contribution in [1.82, 2.24) is 9.97 Å². The summed E-state index contributed by atoms with van der Waals surface area (Å²) in [6, 6.07) is 6.98. The number of hydrogen-bond acceptors (Lipinski definition) is 2. The Morgan fingerprint density at radius 2 is 2.00 bits per heavy atom. The Bertz CT molecular complexity index is 837. The molecule has 2 nitrogen and oxygen atoms in total. The fourth-order valence-corrected chi connectivity index (χ4v) is 2.74. The monoisotopic (exact) mass is 326 g/mol. The number of rotatable bonds is 2. The van der Waals surface area contributed by atoms with Gasteiger partial charge in [0.05, 0.1) is 5.69 Å². The molecule has 116 valence electrons. The number of nitrogens with zero attached hydrogens (tertiary/aromatic N) is 2. The van der Waals surface area contributed by atoms with Crippen molar-refractivity contribution in [2.24, 2.45) is 5.92 Å². The molecule has 0 bridgehead atoms. The first-order valence-corrected chi connectivity index (χ1v) is 7.78. The number of aromatic nitrogens is 2. The smallest absolute Gasteiger partial charge is 0.222 e. The van der Waals surface area contributed by atoms with E-state index in [1.54, 1.807) is 19.2 Å². The average Bonchev–Trinajstić information content (AvgIpc) is 2.72. The van der Waals surface area contributed by atoms with Gasteiger partial charge in [0.2, 0.25) is 5.28 Å². The van der Waals surface area contributed by atoms with Crippen LogP contribution in [-0.4, -0.2) is 9.97 Å². The van der Waals surface area contributed by atoms with Crippen LogP contribution in [0, 0.1) is 18.7 Å². The van der Waals surface area contributed by atoms with Crippen LogP contribution in [0.1, 0.15) is 23.7 Å². The highest BCUT2D eigenvalue weighted by molar-refractivity contribution is 6.28. The summed E-state index contributed by atoms with van der Waals surface area (Å²) in [5, 5.41) is 0.208. The Balaban J connectivity index is 2.15. The van der Waals surface area contributed by atoms with Crippen LogP contribution in [0.25, 0.3) is 11.1 Å². The van der Waals surface area contributed by atoms with Crippen LogP contribution < -0.4 is 0 Å². The largest absolute Gasteiger partial charge is 0.226 e. The van der Waals surface area contributed by atoms with Crippen molar-refractivity contribution in [3.05, 3.63) is 82.7 Å². The zero-order valence-electron chi connectivity index (χ0n) is 12.9. The third-order valence-electron chi connectivity index (χ3n) is 3.77. The van der Waals surface area contributed by atoms with E-state index in [1.165, 1.54) is 6.07 Å². The summed E-state index contributed by atoms with van der Waals surface area (Å²) >= 11 is 5.94. The predicted octanol–water partition coefficient (Wildman–Crippen LogP) is 5.25. The number of aryl methyl sites for hydroxylation is 1. The van der Waals surface area contributed by atoms with Crippen molar-refractivity contribution in [2.75, 3.05) is 0 Å². The van der Waals surface area contributed by atoms with Crippen LogP contribution in [0.5, 0.6) is 0 Å². The van der Waals surface area contributed by atoms with Gasteiger partial charge in [-0.05, 0) is 59.3 Å². The third-order valence-corrected chi connectivity index (χ3v) is 3.95. The van der Waals surface area contributed by atoms with E-state index in [1.807, 2.05) is 24.3 Å². The number of halogens is 2. The summed E-state index contributed by atoms with van der Waals surface area (Å²) in [6.45, 7) is 3.87. The van der Waals surface area contributed by atoms with Gasteiger partial charge in [0.25, 0.3) is 0 Å². The van der Waals surface area contributed by atoms with Crippen molar-refractivity contribution < 1.29 is 4.39 Å². The molecule has 1 unspecified atom stereocenters.